The van der Waals surface area contributed by atoms with Crippen LogP contribution in [0.15, 0.2) is 54.7 Å². The zero-order valence-electron chi connectivity index (χ0n) is 17.3. The van der Waals surface area contributed by atoms with E-state index in [1.807, 2.05) is 23.2 Å². The lowest BCUT2D eigenvalue weighted by atomic mass is 9.98. The average Bonchev–Trinajstić information content (AvgIpc) is 3.26. The van der Waals surface area contributed by atoms with E-state index in [4.69, 9.17) is 5.11 Å². The van der Waals surface area contributed by atoms with E-state index in [0.29, 0.717) is 11.6 Å². The largest absolute Gasteiger partial charge is 0.480 e. The number of anilines is 2. The number of likely N-dealkylation sites (tertiary alicyclic amines) is 1. The molecule has 0 spiro atoms. The summed E-state index contributed by atoms with van der Waals surface area (Å²) in [4.78, 5) is 30.6. The molecule has 166 valence electrons. The number of carboxylic acids is 1. The quantitative estimate of drug-likeness (QED) is 0.495. The van der Waals surface area contributed by atoms with E-state index < -0.39 is 17.8 Å². The van der Waals surface area contributed by atoms with Gasteiger partial charge < -0.3 is 15.7 Å². The number of rotatable bonds is 6. The van der Waals surface area contributed by atoms with Crippen molar-refractivity contribution in [1.82, 2.24) is 9.88 Å². The van der Waals surface area contributed by atoms with Crippen LogP contribution in [0, 0.1) is 5.82 Å². The fourth-order valence-electron chi connectivity index (χ4n) is 3.70. The topological polar surface area (TPSA) is 94.6 Å². The normalized spacial score (nSPS) is 14.8. The highest BCUT2D eigenvalue weighted by Crippen LogP contribution is 2.35. The van der Waals surface area contributed by atoms with Gasteiger partial charge in [-0.15, -0.1) is 11.3 Å². The van der Waals surface area contributed by atoms with Gasteiger partial charge in [-0.05, 0) is 55.8 Å². The van der Waals surface area contributed by atoms with Crippen molar-refractivity contribution in [1.29, 1.82) is 0 Å². The van der Waals surface area contributed by atoms with Crippen LogP contribution in [0.5, 0.6) is 0 Å². The lowest BCUT2D eigenvalue weighted by Gasteiger charge is -2.29. The van der Waals surface area contributed by atoms with E-state index in [9.17, 15) is 14.0 Å². The van der Waals surface area contributed by atoms with Gasteiger partial charge in [-0.25, -0.2) is 14.2 Å². The summed E-state index contributed by atoms with van der Waals surface area (Å²) < 4.78 is 13.7. The number of urea groups is 1. The van der Waals surface area contributed by atoms with E-state index in [2.05, 4.69) is 15.6 Å². The Hall–Kier alpha value is -3.30. The highest BCUT2D eigenvalue weighted by molar-refractivity contribution is 7.15. The van der Waals surface area contributed by atoms with Gasteiger partial charge in [-0.1, -0.05) is 24.3 Å². The number of carboxylic acid groups (broad SMARTS) is 1. The lowest BCUT2D eigenvalue weighted by molar-refractivity contribution is -0.138. The van der Waals surface area contributed by atoms with E-state index in [1.165, 1.54) is 12.1 Å². The number of aromatic nitrogens is 1. The van der Waals surface area contributed by atoms with E-state index in [1.54, 1.807) is 35.6 Å². The molecule has 3 aromatic rings. The number of hydrogen-bond donors (Lipinski definition) is 3. The van der Waals surface area contributed by atoms with Gasteiger partial charge in [0.2, 0.25) is 0 Å². The summed E-state index contributed by atoms with van der Waals surface area (Å²) in [5, 5.41) is 15.2. The Labute approximate surface area is 188 Å². The van der Waals surface area contributed by atoms with Crippen LogP contribution in [-0.2, 0) is 4.79 Å². The first kappa shape index (κ1) is 21.9. The van der Waals surface area contributed by atoms with Gasteiger partial charge in [-0.3, -0.25) is 9.69 Å². The Morgan fingerprint density at radius 1 is 1.09 bits per heavy atom. The summed E-state index contributed by atoms with van der Waals surface area (Å²) in [5.74, 6) is -0.934. The monoisotopic (exact) mass is 454 g/mol. The van der Waals surface area contributed by atoms with Crippen molar-refractivity contribution in [3.8, 4) is 10.4 Å². The van der Waals surface area contributed by atoms with Crippen LogP contribution < -0.4 is 10.6 Å². The van der Waals surface area contributed by atoms with Gasteiger partial charge in [0.15, 0.2) is 0 Å². The van der Waals surface area contributed by atoms with Gasteiger partial charge in [-0.2, -0.15) is 0 Å². The Morgan fingerprint density at radius 3 is 2.50 bits per heavy atom. The summed E-state index contributed by atoms with van der Waals surface area (Å²) in [7, 11) is 0. The van der Waals surface area contributed by atoms with Crippen LogP contribution in [0.1, 0.15) is 23.8 Å². The van der Waals surface area contributed by atoms with Gasteiger partial charge in [0.05, 0.1) is 22.1 Å². The van der Waals surface area contributed by atoms with Crippen molar-refractivity contribution in [2.24, 2.45) is 0 Å². The molecule has 1 aromatic heterocycles. The SMILES string of the molecule is O=C(O)CN1CCC(c2ncc(-c3ccc(NC(=O)Nc4ccccc4F)cc3)s2)CC1. The first-order valence-corrected chi connectivity index (χ1v) is 11.1. The van der Waals surface area contributed by atoms with Crippen molar-refractivity contribution >= 4 is 34.7 Å². The molecule has 1 aliphatic rings. The molecule has 0 saturated carbocycles. The highest BCUT2D eigenvalue weighted by Gasteiger charge is 2.24. The molecular formula is C23H23FN4O3S. The number of aliphatic carboxylic acids is 1. The van der Waals surface area contributed by atoms with Crippen molar-refractivity contribution in [3.63, 3.8) is 0 Å². The molecule has 1 saturated heterocycles. The third kappa shape index (κ3) is 5.49. The maximum atomic E-state index is 13.7. The van der Waals surface area contributed by atoms with Gasteiger partial charge in [0.25, 0.3) is 0 Å². The van der Waals surface area contributed by atoms with Gasteiger partial charge >= 0.3 is 12.0 Å². The fourth-order valence-corrected chi connectivity index (χ4v) is 4.80. The summed E-state index contributed by atoms with van der Waals surface area (Å²) in [6.45, 7) is 1.62. The second kappa shape index (κ2) is 9.88. The molecule has 1 aliphatic heterocycles. The smallest absolute Gasteiger partial charge is 0.323 e. The molecule has 0 atom stereocenters. The van der Waals surface area contributed by atoms with Gasteiger partial charge in [0, 0.05) is 17.8 Å². The number of piperidine rings is 1. The Bertz CT molecular complexity index is 1090. The summed E-state index contributed by atoms with van der Waals surface area (Å²) in [6, 6.07) is 12.9. The summed E-state index contributed by atoms with van der Waals surface area (Å²) in [6.07, 6.45) is 3.66. The molecule has 9 heteroatoms. The number of halogens is 1. The number of carbonyl (C=O) groups is 2. The predicted molar refractivity (Wildman–Crippen MR) is 123 cm³/mol. The number of thiazole rings is 1. The zero-order chi connectivity index (χ0) is 22.5. The molecule has 7 nitrogen and oxygen atoms in total. The number of para-hydroxylation sites is 1. The number of benzene rings is 2. The highest BCUT2D eigenvalue weighted by atomic mass is 32.1. The molecule has 2 heterocycles. The van der Waals surface area contributed by atoms with Crippen molar-refractivity contribution in [3.05, 3.63) is 65.6 Å². The molecule has 0 aliphatic carbocycles. The first-order chi connectivity index (χ1) is 15.5. The van der Waals surface area contributed by atoms with E-state index >= 15 is 0 Å². The van der Waals surface area contributed by atoms with E-state index in [0.717, 1.165) is 41.4 Å². The predicted octanol–water partition coefficient (Wildman–Crippen LogP) is 4.86. The standard InChI is InChI=1S/C23H23FN4O3S/c24-18-3-1-2-4-19(18)27-23(31)26-17-7-5-15(6-8-17)20-13-25-22(32-20)16-9-11-28(12-10-16)14-21(29)30/h1-8,13,16H,9-12,14H2,(H,29,30)(H2,26,27,31). The zero-order valence-corrected chi connectivity index (χ0v) is 18.1. The van der Waals surface area contributed by atoms with Crippen LogP contribution >= 0.6 is 11.3 Å². The maximum absolute atomic E-state index is 13.7. The number of carbonyl (C=O) groups excluding carboxylic acids is 1. The number of nitrogens with zero attached hydrogens (tertiary/aromatic N) is 2. The minimum absolute atomic E-state index is 0.0918. The molecular weight excluding hydrogens is 431 g/mol. The van der Waals surface area contributed by atoms with Crippen LogP contribution in [0.3, 0.4) is 0 Å². The molecule has 0 bridgehead atoms. The van der Waals surface area contributed by atoms with Crippen molar-refractivity contribution < 1.29 is 19.1 Å². The summed E-state index contributed by atoms with van der Waals surface area (Å²) >= 11 is 1.64. The minimum atomic E-state index is -0.789. The Balaban J connectivity index is 1.34. The average molecular weight is 455 g/mol. The lowest BCUT2D eigenvalue weighted by Crippen LogP contribution is -2.36. The third-order valence-corrected chi connectivity index (χ3v) is 6.58. The van der Waals surface area contributed by atoms with Crippen LogP contribution in [0.2, 0.25) is 0 Å². The van der Waals surface area contributed by atoms with Crippen LogP contribution in [0.25, 0.3) is 10.4 Å². The molecule has 0 radical (unpaired) electrons. The Kier molecular flexibility index (Phi) is 6.77. The molecule has 4 rings (SSSR count). The molecule has 2 amide bonds. The molecule has 2 aromatic carbocycles. The minimum Gasteiger partial charge on any atom is -0.480 e. The maximum Gasteiger partial charge on any atom is 0.323 e. The first-order valence-electron chi connectivity index (χ1n) is 10.3. The molecule has 0 unspecified atom stereocenters. The van der Waals surface area contributed by atoms with Gasteiger partial charge in [0.1, 0.15) is 5.82 Å². The fraction of sp³-hybridized carbons (Fsp3) is 0.261. The second-order valence-electron chi connectivity index (χ2n) is 7.64. The molecule has 3 N–H and O–H groups in total. The van der Waals surface area contributed by atoms with Crippen LogP contribution in [-0.4, -0.2) is 46.6 Å². The summed E-state index contributed by atoms with van der Waals surface area (Å²) in [5.41, 5.74) is 1.71. The van der Waals surface area contributed by atoms with Crippen molar-refractivity contribution in [2.75, 3.05) is 30.3 Å². The Morgan fingerprint density at radius 2 is 1.81 bits per heavy atom. The number of amides is 2. The van der Waals surface area contributed by atoms with Crippen LogP contribution in [0.4, 0.5) is 20.6 Å². The second-order valence-corrected chi connectivity index (χ2v) is 8.71. The third-order valence-electron chi connectivity index (χ3n) is 5.37. The van der Waals surface area contributed by atoms with E-state index in [-0.39, 0.29) is 12.2 Å². The molecule has 32 heavy (non-hydrogen) atoms. The van der Waals surface area contributed by atoms with Crippen molar-refractivity contribution in [2.45, 2.75) is 18.8 Å². The number of nitrogens with one attached hydrogen (secondary N) is 2. The molecule has 1 fully saturated rings. The number of hydrogen-bond acceptors (Lipinski definition) is 5.